The van der Waals surface area contributed by atoms with Crippen LogP contribution in [-0.2, 0) is 22.9 Å². The summed E-state index contributed by atoms with van der Waals surface area (Å²) < 4.78 is 65.4. The molecule has 4 aromatic rings. The van der Waals surface area contributed by atoms with E-state index in [9.17, 15) is 31.5 Å². The third kappa shape index (κ3) is 7.02. The molecular formula is C23H22Cl2F3N7O4S. The van der Waals surface area contributed by atoms with Gasteiger partial charge in [0.25, 0.3) is 0 Å². The molecule has 11 nitrogen and oxygen atoms in total. The number of aliphatic hydroxyl groups excluding tert-OH is 1. The third-order valence-corrected chi connectivity index (χ3v) is 7.05. The van der Waals surface area contributed by atoms with Crippen LogP contribution in [0.3, 0.4) is 0 Å². The number of hydrogen-bond acceptors (Lipinski definition) is 8. The summed E-state index contributed by atoms with van der Waals surface area (Å²) in [7, 11) is -3.29. The number of aliphatic hydroxyl groups is 1. The quantitative estimate of drug-likeness (QED) is 0.276. The average Bonchev–Trinajstić information content (AvgIpc) is 3.39. The number of nitrogens with one attached hydrogen (secondary N) is 1. The maximum Gasteiger partial charge on any atom is 0.416 e. The molecule has 0 aliphatic heterocycles. The van der Waals surface area contributed by atoms with Crippen LogP contribution in [0.25, 0.3) is 17.1 Å². The number of aromatic nitrogens is 6. The zero-order valence-electron chi connectivity index (χ0n) is 20.7. The van der Waals surface area contributed by atoms with Gasteiger partial charge < -0.3 is 10.4 Å². The van der Waals surface area contributed by atoms with E-state index in [0.717, 1.165) is 10.9 Å². The molecule has 1 atom stereocenters. The first-order valence-corrected chi connectivity index (χ1v) is 14.4. The topological polar surface area (TPSA) is 137 Å². The fourth-order valence-electron chi connectivity index (χ4n) is 3.61. The Morgan fingerprint density at radius 1 is 1.07 bits per heavy atom. The van der Waals surface area contributed by atoms with Crippen molar-refractivity contribution in [3.05, 3.63) is 74.9 Å². The zero-order chi connectivity index (χ0) is 29.2. The summed E-state index contributed by atoms with van der Waals surface area (Å²) in [5, 5.41) is 21.8. The lowest BCUT2D eigenvalue weighted by atomic mass is 10.2. The monoisotopic (exact) mass is 619 g/mol. The molecule has 0 bridgehead atoms. The minimum Gasteiger partial charge on any atom is -0.382 e. The molecule has 0 fully saturated rings. The number of hydrogen-bond donors (Lipinski definition) is 2. The number of halogens is 5. The van der Waals surface area contributed by atoms with Crippen molar-refractivity contribution < 1.29 is 26.7 Å². The van der Waals surface area contributed by atoms with Crippen molar-refractivity contribution in [2.24, 2.45) is 0 Å². The Hall–Kier alpha value is -3.40. The number of anilines is 1. The lowest BCUT2D eigenvalue weighted by Crippen LogP contribution is -2.37. The van der Waals surface area contributed by atoms with Crippen molar-refractivity contribution in [3.8, 4) is 17.1 Å². The SMILES string of the molecule is CS(=O)(=O)CCNc1nc(Cn2nc(-c3ccc(Cl)cc3)n(C[C@H](O)C(F)(F)F)c2=O)nn1-c1ccccc1Cl. The second-order valence-corrected chi connectivity index (χ2v) is 11.8. The first-order valence-electron chi connectivity index (χ1n) is 11.5. The van der Waals surface area contributed by atoms with Gasteiger partial charge in [-0.1, -0.05) is 35.3 Å². The van der Waals surface area contributed by atoms with Gasteiger partial charge in [-0.15, -0.1) is 10.2 Å². The lowest BCUT2D eigenvalue weighted by molar-refractivity contribution is -0.207. The number of benzene rings is 2. The van der Waals surface area contributed by atoms with Crippen LogP contribution in [0.5, 0.6) is 0 Å². The van der Waals surface area contributed by atoms with Crippen LogP contribution in [0.2, 0.25) is 10.0 Å². The van der Waals surface area contributed by atoms with Crippen LogP contribution in [0.1, 0.15) is 5.82 Å². The summed E-state index contributed by atoms with van der Waals surface area (Å²) in [6.45, 7) is -1.47. The molecule has 0 saturated heterocycles. The van der Waals surface area contributed by atoms with E-state index >= 15 is 0 Å². The second-order valence-electron chi connectivity index (χ2n) is 8.71. The van der Waals surface area contributed by atoms with Gasteiger partial charge in [-0.2, -0.15) is 22.8 Å². The van der Waals surface area contributed by atoms with Crippen LogP contribution >= 0.6 is 23.2 Å². The maximum atomic E-state index is 13.2. The van der Waals surface area contributed by atoms with E-state index in [1.165, 1.54) is 28.9 Å². The van der Waals surface area contributed by atoms with E-state index in [1.807, 2.05) is 0 Å². The van der Waals surface area contributed by atoms with Crippen LogP contribution in [0, 0.1) is 0 Å². The molecule has 0 aliphatic rings. The Morgan fingerprint density at radius 2 is 1.75 bits per heavy atom. The predicted octanol–water partition coefficient (Wildman–Crippen LogP) is 3.03. The molecule has 2 aromatic heterocycles. The summed E-state index contributed by atoms with van der Waals surface area (Å²) in [4.78, 5) is 17.5. The zero-order valence-corrected chi connectivity index (χ0v) is 23.0. The second kappa shape index (κ2) is 11.6. The summed E-state index contributed by atoms with van der Waals surface area (Å²) in [6.07, 6.45) is -6.71. The van der Waals surface area contributed by atoms with Crippen molar-refractivity contribution >= 4 is 39.0 Å². The van der Waals surface area contributed by atoms with Crippen molar-refractivity contribution in [2.75, 3.05) is 23.9 Å². The molecule has 4 rings (SSSR count). The highest BCUT2D eigenvalue weighted by Crippen LogP contribution is 2.25. The van der Waals surface area contributed by atoms with Gasteiger partial charge in [-0.25, -0.2) is 17.9 Å². The molecule has 0 unspecified atom stereocenters. The Balaban J connectivity index is 1.74. The summed E-state index contributed by atoms with van der Waals surface area (Å²) >= 11 is 12.2. The molecule has 2 aromatic carbocycles. The van der Waals surface area contributed by atoms with Crippen LogP contribution in [0.15, 0.2) is 53.3 Å². The minimum atomic E-state index is -4.97. The summed E-state index contributed by atoms with van der Waals surface area (Å²) in [6, 6.07) is 12.5. The fourth-order valence-corrected chi connectivity index (χ4v) is 4.42. The van der Waals surface area contributed by atoms with Crippen molar-refractivity contribution in [1.82, 2.24) is 29.1 Å². The number of sulfone groups is 1. The molecule has 40 heavy (non-hydrogen) atoms. The molecule has 17 heteroatoms. The van der Waals surface area contributed by atoms with Crippen molar-refractivity contribution in [2.45, 2.75) is 25.4 Å². The highest BCUT2D eigenvalue weighted by atomic mass is 35.5. The van der Waals surface area contributed by atoms with Gasteiger partial charge >= 0.3 is 11.9 Å². The van der Waals surface area contributed by atoms with Crippen LogP contribution < -0.4 is 11.0 Å². The normalized spacial score (nSPS) is 13.0. The van der Waals surface area contributed by atoms with E-state index in [1.54, 1.807) is 24.3 Å². The van der Waals surface area contributed by atoms with E-state index < -0.39 is 34.4 Å². The van der Waals surface area contributed by atoms with Crippen molar-refractivity contribution in [3.63, 3.8) is 0 Å². The number of alkyl halides is 3. The molecule has 0 aliphatic carbocycles. The minimum absolute atomic E-state index is 0.00790. The summed E-state index contributed by atoms with van der Waals surface area (Å²) in [5.74, 6) is -0.202. The van der Waals surface area contributed by atoms with Crippen LogP contribution in [-0.4, -0.2) is 73.5 Å². The van der Waals surface area contributed by atoms with Gasteiger partial charge in [0, 0.05) is 23.4 Å². The Labute approximate surface area is 235 Å². The lowest BCUT2D eigenvalue weighted by Gasteiger charge is -2.15. The fraction of sp³-hybridized carbons (Fsp3) is 0.304. The largest absolute Gasteiger partial charge is 0.416 e. The van der Waals surface area contributed by atoms with E-state index in [4.69, 9.17) is 23.2 Å². The van der Waals surface area contributed by atoms with E-state index in [2.05, 4.69) is 20.5 Å². The number of para-hydroxylation sites is 1. The van der Waals surface area contributed by atoms with E-state index in [-0.39, 0.29) is 42.0 Å². The first-order chi connectivity index (χ1) is 18.7. The van der Waals surface area contributed by atoms with Gasteiger partial charge in [0.05, 0.1) is 23.0 Å². The third-order valence-electron chi connectivity index (χ3n) is 5.54. The number of nitrogens with zero attached hydrogens (tertiary/aromatic N) is 6. The Kier molecular flexibility index (Phi) is 8.58. The maximum absolute atomic E-state index is 13.2. The van der Waals surface area contributed by atoms with Gasteiger partial charge in [0.1, 0.15) is 16.4 Å². The van der Waals surface area contributed by atoms with Gasteiger partial charge in [-0.3, -0.25) is 4.57 Å². The van der Waals surface area contributed by atoms with Gasteiger partial charge in [-0.05, 0) is 36.4 Å². The Morgan fingerprint density at radius 3 is 2.38 bits per heavy atom. The molecule has 0 amide bonds. The van der Waals surface area contributed by atoms with Gasteiger partial charge in [0.2, 0.25) is 5.95 Å². The standard InChI is InChI=1S/C23H22Cl2F3N7O4S/c1-40(38,39)11-10-29-21-30-19(31-35(21)17-5-3-2-4-16(17)25)13-34-22(37)33(12-18(36)23(26,27)28)20(32-34)14-6-8-15(24)9-7-14/h2-9,18,36H,10-13H2,1H3,(H,29,30,31)/t18-/m0/s1. The molecule has 0 radical (unpaired) electrons. The molecule has 0 spiro atoms. The van der Waals surface area contributed by atoms with Gasteiger partial charge in [0.15, 0.2) is 17.8 Å². The highest BCUT2D eigenvalue weighted by Gasteiger charge is 2.39. The number of rotatable bonds is 10. The molecule has 0 saturated carbocycles. The van der Waals surface area contributed by atoms with Crippen LogP contribution in [0.4, 0.5) is 19.1 Å². The Bertz CT molecular complexity index is 1670. The molecule has 214 valence electrons. The summed E-state index contributed by atoms with van der Waals surface area (Å²) in [5.41, 5.74) is -0.265. The molecule has 2 N–H and O–H groups in total. The predicted molar refractivity (Wildman–Crippen MR) is 143 cm³/mol. The smallest absolute Gasteiger partial charge is 0.382 e. The average molecular weight is 620 g/mol. The molecule has 2 heterocycles. The highest BCUT2D eigenvalue weighted by molar-refractivity contribution is 7.90. The van der Waals surface area contributed by atoms with E-state index in [0.29, 0.717) is 20.3 Å². The molecular weight excluding hydrogens is 598 g/mol. The first kappa shape index (κ1) is 29.6. The van der Waals surface area contributed by atoms with Crippen molar-refractivity contribution in [1.29, 1.82) is 0 Å².